The third-order valence-electron chi connectivity index (χ3n) is 5.05. The summed E-state index contributed by atoms with van der Waals surface area (Å²) in [4.78, 5) is 17.2. The fourth-order valence-corrected chi connectivity index (χ4v) is 3.92. The topological polar surface area (TPSA) is 41.4 Å². The average molecular weight is 460 g/mol. The van der Waals surface area contributed by atoms with E-state index in [1.54, 1.807) is 6.20 Å². The smallest absolute Gasteiger partial charge is 0.257 e. The van der Waals surface area contributed by atoms with Gasteiger partial charge in [-0.15, -0.1) is 0 Å². The summed E-state index contributed by atoms with van der Waals surface area (Å²) in [6.07, 6.45) is 1.67. The molecule has 0 unspecified atom stereocenters. The van der Waals surface area contributed by atoms with E-state index in [-0.39, 0.29) is 5.91 Å². The summed E-state index contributed by atoms with van der Waals surface area (Å²) in [6, 6.07) is 15.7. The molecule has 1 aliphatic rings. The third kappa shape index (κ3) is 3.80. The normalized spacial score (nSPS) is 14.4. The Labute approximate surface area is 177 Å². The number of aromatic nitrogens is 2. The monoisotopic (exact) mass is 458 g/mol. The molecule has 0 N–H and O–H groups in total. The number of carbonyl (C=O) groups excluding carboxylic acids is 1. The first-order valence-electron chi connectivity index (χ1n) is 9.13. The van der Waals surface area contributed by atoms with Crippen LogP contribution in [0.2, 0.25) is 5.02 Å². The van der Waals surface area contributed by atoms with Crippen LogP contribution in [0.4, 0.5) is 5.69 Å². The van der Waals surface area contributed by atoms with E-state index in [0.29, 0.717) is 18.7 Å². The molecule has 0 atom stereocenters. The van der Waals surface area contributed by atoms with Crippen LogP contribution in [-0.2, 0) is 0 Å². The molecule has 7 heteroatoms. The second-order valence-electron chi connectivity index (χ2n) is 6.79. The van der Waals surface area contributed by atoms with E-state index in [1.165, 1.54) is 0 Å². The summed E-state index contributed by atoms with van der Waals surface area (Å²) in [7, 11) is 0. The fraction of sp³-hybridized carbons (Fsp3) is 0.238. The highest BCUT2D eigenvalue weighted by Gasteiger charge is 2.25. The summed E-state index contributed by atoms with van der Waals surface area (Å²) >= 11 is 9.54. The highest BCUT2D eigenvalue weighted by Crippen LogP contribution is 2.22. The Morgan fingerprint density at radius 1 is 1.04 bits per heavy atom. The summed E-state index contributed by atoms with van der Waals surface area (Å²) in [5, 5.41) is 5.16. The number of nitrogens with zero attached hydrogens (tertiary/aromatic N) is 4. The molecule has 144 valence electrons. The Balaban J connectivity index is 1.46. The molecule has 2 heterocycles. The van der Waals surface area contributed by atoms with Gasteiger partial charge in [0.25, 0.3) is 5.91 Å². The van der Waals surface area contributed by atoms with E-state index in [2.05, 4.69) is 32.0 Å². The molecule has 2 aromatic carbocycles. The second kappa shape index (κ2) is 7.97. The van der Waals surface area contributed by atoms with Crippen LogP contribution in [0.3, 0.4) is 0 Å². The van der Waals surface area contributed by atoms with Crippen molar-refractivity contribution in [1.82, 2.24) is 14.7 Å². The number of rotatable bonds is 3. The highest BCUT2D eigenvalue weighted by molar-refractivity contribution is 9.10. The van der Waals surface area contributed by atoms with Gasteiger partial charge in [-0.1, -0.05) is 33.6 Å². The highest BCUT2D eigenvalue weighted by atomic mass is 79.9. The predicted octanol–water partition coefficient (Wildman–Crippen LogP) is 4.56. The van der Waals surface area contributed by atoms with E-state index in [4.69, 9.17) is 11.6 Å². The Kier molecular flexibility index (Phi) is 5.42. The third-order valence-corrected chi connectivity index (χ3v) is 5.82. The number of carbonyl (C=O) groups is 1. The zero-order valence-corrected chi connectivity index (χ0v) is 17.8. The minimum Gasteiger partial charge on any atom is -0.368 e. The van der Waals surface area contributed by atoms with Gasteiger partial charge in [0.15, 0.2) is 0 Å². The average Bonchev–Trinajstić information content (AvgIpc) is 3.09. The van der Waals surface area contributed by atoms with Crippen molar-refractivity contribution in [3.05, 3.63) is 75.5 Å². The Morgan fingerprint density at radius 2 is 1.75 bits per heavy atom. The van der Waals surface area contributed by atoms with E-state index in [9.17, 15) is 4.79 Å². The molecule has 0 bridgehead atoms. The van der Waals surface area contributed by atoms with Crippen molar-refractivity contribution in [3.8, 4) is 5.69 Å². The lowest BCUT2D eigenvalue weighted by Crippen LogP contribution is -2.48. The minimum absolute atomic E-state index is 0.0339. The molecule has 0 radical (unpaired) electrons. The van der Waals surface area contributed by atoms with Gasteiger partial charge in [-0.25, -0.2) is 4.68 Å². The molecule has 5 nitrogen and oxygen atoms in total. The maximum Gasteiger partial charge on any atom is 0.257 e. The van der Waals surface area contributed by atoms with Crippen LogP contribution in [0.1, 0.15) is 16.1 Å². The molecule has 4 rings (SSSR count). The zero-order chi connectivity index (χ0) is 19.7. The first-order chi connectivity index (χ1) is 13.5. The summed E-state index contributed by atoms with van der Waals surface area (Å²) < 4.78 is 2.82. The van der Waals surface area contributed by atoms with Gasteiger partial charge in [0, 0.05) is 41.4 Å². The van der Waals surface area contributed by atoms with E-state index in [0.717, 1.165) is 39.7 Å². The molecule has 1 saturated heterocycles. The molecule has 0 spiro atoms. The SMILES string of the molecule is Cc1c(C(=O)N2CCN(c3cccc(Cl)c3)CC2)cnn1-c1ccc(Br)cc1. The maximum absolute atomic E-state index is 13.0. The molecule has 1 amide bonds. The molecular formula is C21H20BrClN4O. The van der Waals surface area contributed by atoms with Gasteiger partial charge >= 0.3 is 0 Å². The van der Waals surface area contributed by atoms with Crippen LogP contribution in [0.15, 0.2) is 59.2 Å². The standard InChI is InChI=1S/C21H20BrClN4O/c1-15-20(14-24-27(15)18-7-5-16(22)6-8-18)21(28)26-11-9-25(10-12-26)19-4-2-3-17(23)13-19/h2-8,13-14H,9-12H2,1H3. The number of piperazine rings is 1. The van der Waals surface area contributed by atoms with Gasteiger partial charge < -0.3 is 9.80 Å². The molecule has 0 aliphatic carbocycles. The van der Waals surface area contributed by atoms with Crippen molar-refractivity contribution in [2.24, 2.45) is 0 Å². The predicted molar refractivity (Wildman–Crippen MR) is 116 cm³/mol. The van der Waals surface area contributed by atoms with Crippen LogP contribution >= 0.6 is 27.5 Å². The lowest BCUT2D eigenvalue weighted by Gasteiger charge is -2.36. The lowest BCUT2D eigenvalue weighted by molar-refractivity contribution is 0.0746. The van der Waals surface area contributed by atoms with Crippen LogP contribution in [-0.4, -0.2) is 46.8 Å². The minimum atomic E-state index is 0.0339. The van der Waals surface area contributed by atoms with Crippen molar-refractivity contribution >= 4 is 39.1 Å². The number of anilines is 1. The zero-order valence-electron chi connectivity index (χ0n) is 15.5. The van der Waals surface area contributed by atoms with Gasteiger partial charge in [0.2, 0.25) is 0 Å². The Morgan fingerprint density at radius 3 is 2.43 bits per heavy atom. The van der Waals surface area contributed by atoms with E-state index in [1.807, 2.05) is 59.0 Å². The fourth-order valence-electron chi connectivity index (χ4n) is 3.47. The molecule has 0 saturated carbocycles. The van der Waals surface area contributed by atoms with Crippen molar-refractivity contribution in [3.63, 3.8) is 0 Å². The quantitative estimate of drug-likeness (QED) is 0.576. The second-order valence-corrected chi connectivity index (χ2v) is 8.14. The van der Waals surface area contributed by atoms with Crippen molar-refractivity contribution < 1.29 is 4.79 Å². The van der Waals surface area contributed by atoms with Gasteiger partial charge in [-0.3, -0.25) is 4.79 Å². The first kappa shape index (κ1) is 19.0. The molecule has 3 aromatic rings. The lowest BCUT2D eigenvalue weighted by atomic mass is 10.2. The largest absolute Gasteiger partial charge is 0.368 e. The van der Waals surface area contributed by atoms with Crippen molar-refractivity contribution in [2.75, 3.05) is 31.1 Å². The number of halogens is 2. The molecule has 1 fully saturated rings. The number of benzene rings is 2. The molecule has 1 aliphatic heterocycles. The van der Waals surface area contributed by atoms with Gasteiger partial charge in [-0.05, 0) is 49.4 Å². The van der Waals surface area contributed by atoms with Crippen molar-refractivity contribution in [1.29, 1.82) is 0 Å². The van der Waals surface area contributed by atoms with Crippen LogP contribution in [0.5, 0.6) is 0 Å². The summed E-state index contributed by atoms with van der Waals surface area (Å²) in [5.74, 6) is 0.0339. The summed E-state index contributed by atoms with van der Waals surface area (Å²) in [5.41, 5.74) is 3.54. The van der Waals surface area contributed by atoms with Crippen LogP contribution in [0, 0.1) is 6.92 Å². The van der Waals surface area contributed by atoms with Crippen LogP contribution < -0.4 is 4.90 Å². The number of hydrogen-bond acceptors (Lipinski definition) is 3. The van der Waals surface area contributed by atoms with Gasteiger partial charge in [-0.2, -0.15) is 5.10 Å². The van der Waals surface area contributed by atoms with E-state index < -0.39 is 0 Å². The first-order valence-corrected chi connectivity index (χ1v) is 10.3. The van der Waals surface area contributed by atoms with Crippen molar-refractivity contribution in [2.45, 2.75) is 6.92 Å². The Bertz CT molecular complexity index is 994. The number of hydrogen-bond donors (Lipinski definition) is 0. The maximum atomic E-state index is 13.0. The number of amides is 1. The van der Waals surface area contributed by atoms with Gasteiger partial charge in [0.05, 0.1) is 23.1 Å². The summed E-state index contributed by atoms with van der Waals surface area (Å²) in [6.45, 7) is 4.85. The Hall–Kier alpha value is -2.31. The molecule has 1 aromatic heterocycles. The van der Waals surface area contributed by atoms with E-state index >= 15 is 0 Å². The van der Waals surface area contributed by atoms with Gasteiger partial charge in [0.1, 0.15) is 0 Å². The molecular weight excluding hydrogens is 440 g/mol. The molecule has 28 heavy (non-hydrogen) atoms. The van der Waals surface area contributed by atoms with Crippen LogP contribution in [0.25, 0.3) is 5.69 Å².